The number of likely N-dealkylation sites (N-methyl/N-ethyl adjacent to an activating group) is 1. The highest BCUT2D eigenvalue weighted by molar-refractivity contribution is 5.93. The molecule has 0 aliphatic heterocycles. The standard InChI is InChI=1S/C11H12FNO4/c1-13(9-4-2-8(12)3-5-9)10(14)6-17-7-11(15)16/h2-5H,6-7H2,1H3,(H,15,16). The minimum atomic E-state index is -1.14. The monoisotopic (exact) mass is 241 g/mol. The average molecular weight is 241 g/mol. The second-order valence-corrected chi connectivity index (χ2v) is 3.32. The molecule has 0 fully saturated rings. The number of rotatable bonds is 5. The predicted octanol–water partition coefficient (Wildman–Crippen LogP) is 0.890. The summed E-state index contributed by atoms with van der Waals surface area (Å²) in [6, 6.07) is 5.36. The largest absolute Gasteiger partial charge is 0.480 e. The molecule has 0 atom stereocenters. The molecule has 1 aromatic rings. The summed E-state index contributed by atoms with van der Waals surface area (Å²) < 4.78 is 17.3. The number of amides is 1. The molecule has 6 heteroatoms. The van der Waals surface area contributed by atoms with Crippen LogP contribution in [0.25, 0.3) is 0 Å². The van der Waals surface area contributed by atoms with E-state index >= 15 is 0 Å². The number of benzene rings is 1. The van der Waals surface area contributed by atoms with Crippen LogP contribution in [0.2, 0.25) is 0 Å². The highest BCUT2D eigenvalue weighted by Gasteiger charge is 2.11. The van der Waals surface area contributed by atoms with Crippen LogP contribution < -0.4 is 4.90 Å². The summed E-state index contributed by atoms with van der Waals surface area (Å²) in [6.45, 7) is -0.858. The first-order valence-corrected chi connectivity index (χ1v) is 4.82. The maximum atomic E-state index is 12.6. The van der Waals surface area contributed by atoms with Crippen LogP contribution in [0.15, 0.2) is 24.3 Å². The third-order valence-electron chi connectivity index (χ3n) is 2.04. The Morgan fingerprint density at radius 2 is 1.88 bits per heavy atom. The summed E-state index contributed by atoms with van der Waals surface area (Å²) in [7, 11) is 1.50. The van der Waals surface area contributed by atoms with E-state index in [0.29, 0.717) is 5.69 Å². The number of hydrogen-bond acceptors (Lipinski definition) is 3. The Balaban J connectivity index is 2.51. The van der Waals surface area contributed by atoms with Crippen LogP contribution in [0.3, 0.4) is 0 Å². The summed E-state index contributed by atoms with van der Waals surface area (Å²) in [5.41, 5.74) is 0.510. The van der Waals surface area contributed by atoms with Gasteiger partial charge in [0, 0.05) is 12.7 Å². The molecule has 1 aromatic carbocycles. The Hall–Kier alpha value is -1.95. The van der Waals surface area contributed by atoms with Crippen LogP contribution in [0.4, 0.5) is 10.1 Å². The lowest BCUT2D eigenvalue weighted by molar-refractivity contribution is -0.143. The Morgan fingerprint density at radius 3 is 2.41 bits per heavy atom. The zero-order valence-corrected chi connectivity index (χ0v) is 9.22. The topological polar surface area (TPSA) is 66.8 Å². The maximum absolute atomic E-state index is 12.6. The van der Waals surface area contributed by atoms with Crippen LogP contribution in [0.5, 0.6) is 0 Å². The zero-order valence-electron chi connectivity index (χ0n) is 9.22. The second-order valence-electron chi connectivity index (χ2n) is 3.32. The molecule has 5 nitrogen and oxygen atoms in total. The van der Waals surface area contributed by atoms with Crippen LogP contribution in [0.1, 0.15) is 0 Å². The van der Waals surface area contributed by atoms with Gasteiger partial charge in [-0.3, -0.25) is 4.79 Å². The molecule has 0 spiro atoms. The van der Waals surface area contributed by atoms with Crippen molar-refractivity contribution in [3.8, 4) is 0 Å². The second kappa shape index (κ2) is 5.95. The summed E-state index contributed by atoms with van der Waals surface area (Å²) in [6.07, 6.45) is 0. The molecule has 0 radical (unpaired) electrons. The predicted molar refractivity (Wildman–Crippen MR) is 58.3 cm³/mol. The smallest absolute Gasteiger partial charge is 0.329 e. The third-order valence-corrected chi connectivity index (χ3v) is 2.04. The molecule has 0 aliphatic rings. The Bertz CT molecular complexity index is 404. The van der Waals surface area contributed by atoms with Crippen LogP contribution in [0, 0.1) is 5.82 Å². The quantitative estimate of drug-likeness (QED) is 0.831. The van der Waals surface area contributed by atoms with Gasteiger partial charge >= 0.3 is 5.97 Å². The van der Waals surface area contributed by atoms with Gasteiger partial charge in [0.25, 0.3) is 5.91 Å². The van der Waals surface area contributed by atoms with Crippen molar-refractivity contribution in [2.45, 2.75) is 0 Å². The Labute approximate surface area is 97.4 Å². The summed E-state index contributed by atoms with van der Waals surface area (Å²) in [4.78, 5) is 23.0. The van der Waals surface area contributed by atoms with E-state index in [-0.39, 0.29) is 6.61 Å². The number of carboxylic acid groups (broad SMARTS) is 1. The highest BCUT2D eigenvalue weighted by Crippen LogP contribution is 2.13. The van der Waals surface area contributed by atoms with Gasteiger partial charge in [-0.15, -0.1) is 0 Å². The third kappa shape index (κ3) is 4.20. The number of nitrogens with zero attached hydrogens (tertiary/aromatic N) is 1. The zero-order chi connectivity index (χ0) is 12.8. The molecule has 0 saturated carbocycles. The number of ether oxygens (including phenoxy) is 1. The molecule has 92 valence electrons. The van der Waals surface area contributed by atoms with Gasteiger partial charge in [0.15, 0.2) is 0 Å². The van der Waals surface area contributed by atoms with Gasteiger partial charge in [0.2, 0.25) is 0 Å². The molecule has 0 aliphatic carbocycles. The van der Waals surface area contributed by atoms with E-state index in [9.17, 15) is 14.0 Å². The van der Waals surface area contributed by atoms with Crippen molar-refractivity contribution in [2.24, 2.45) is 0 Å². The van der Waals surface area contributed by atoms with Crippen LogP contribution >= 0.6 is 0 Å². The number of carbonyl (C=O) groups excluding carboxylic acids is 1. The number of carbonyl (C=O) groups is 2. The molecule has 0 saturated heterocycles. The van der Waals surface area contributed by atoms with E-state index in [2.05, 4.69) is 4.74 Å². The lowest BCUT2D eigenvalue weighted by atomic mass is 10.3. The van der Waals surface area contributed by atoms with E-state index in [0.717, 1.165) is 0 Å². The lowest BCUT2D eigenvalue weighted by Gasteiger charge is -2.16. The van der Waals surface area contributed by atoms with Crippen LogP contribution in [-0.2, 0) is 14.3 Å². The molecule has 0 heterocycles. The molecule has 0 aromatic heterocycles. The molecule has 17 heavy (non-hydrogen) atoms. The fourth-order valence-electron chi connectivity index (χ4n) is 1.13. The van der Waals surface area contributed by atoms with Gasteiger partial charge in [0.1, 0.15) is 19.0 Å². The number of anilines is 1. The van der Waals surface area contributed by atoms with Gasteiger partial charge in [-0.1, -0.05) is 0 Å². The summed E-state index contributed by atoms with van der Waals surface area (Å²) >= 11 is 0. The van der Waals surface area contributed by atoms with E-state index in [1.54, 1.807) is 0 Å². The molecule has 1 amide bonds. The van der Waals surface area contributed by atoms with Crippen LogP contribution in [-0.4, -0.2) is 37.2 Å². The first kappa shape index (κ1) is 13.1. The number of carboxylic acids is 1. The summed E-state index contributed by atoms with van der Waals surface area (Å²) in [5.74, 6) is -1.93. The van der Waals surface area contributed by atoms with E-state index in [4.69, 9.17) is 5.11 Å². The van der Waals surface area contributed by atoms with E-state index in [1.165, 1.54) is 36.2 Å². The van der Waals surface area contributed by atoms with Gasteiger partial charge in [-0.05, 0) is 24.3 Å². The SMILES string of the molecule is CN(C(=O)COCC(=O)O)c1ccc(F)cc1. The van der Waals surface area contributed by atoms with Crippen molar-refractivity contribution in [1.82, 2.24) is 0 Å². The Kier molecular flexibility index (Phi) is 4.59. The highest BCUT2D eigenvalue weighted by atomic mass is 19.1. The number of hydrogen-bond donors (Lipinski definition) is 1. The van der Waals surface area contributed by atoms with Crippen molar-refractivity contribution in [3.05, 3.63) is 30.1 Å². The fourth-order valence-corrected chi connectivity index (χ4v) is 1.13. The molecule has 1 N–H and O–H groups in total. The number of aliphatic carboxylic acids is 1. The lowest BCUT2D eigenvalue weighted by Crippen LogP contribution is -2.30. The Morgan fingerprint density at radius 1 is 1.29 bits per heavy atom. The van der Waals surface area contributed by atoms with Gasteiger partial charge in [-0.2, -0.15) is 0 Å². The van der Waals surface area contributed by atoms with Crippen molar-refractivity contribution < 1.29 is 23.8 Å². The minimum Gasteiger partial charge on any atom is -0.480 e. The number of halogens is 1. The molecular weight excluding hydrogens is 229 g/mol. The first-order valence-electron chi connectivity index (χ1n) is 4.82. The van der Waals surface area contributed by atoms with E-state index < -0.39 is 24.3 Å². The van der Waals surface area contributed by atoms with Gasteiger partial charge in [-0.25, -0.2) is 9.18 Å². The molecular formula is C11H12FNO4. The van der Waals surface area contributed by atoms with E-state index in [1.807, 2.05) is 0 Å². The molecule has 0 unspecified atom stereocenters. The van der Waals surface area contributed by atoms with Crippen molar-refractivity contribution in [3.63, 3.8) is 0 Å². The van der Waals surface area contributed by atoms with Crippen molar-refractivity contribution in [2.75, 3.05) is 25.2 Å². The first-order chi connectivity index (χ1) is 8.00. The van der Waals surface area contributed by atoms with Crippen molar-refractivity contribution in [1.29, 1.82) is 0 Å². The summed E-state index contributed by atoms with van der Waals surface area (Å²) in [5, 5.41) is 8.32. The van der Waals surface area contributed by atoms with Gasteiger partial charge < -0.3 is 14.7 Å². The molecule has 1 rings (SSSR count). The molecule has 0 bridgehead atoms. The van der Waals surface area contributed by atoms with Crippen molar-refractivity contribution >= 4 is 17.6 Å². The minimum absolute atomic E-state index is 0.333. The maximum Gasteiger partial charge on any atom is 0.329 e. The fraction of sp³-hybridized carbons (Fsp3) is 0.273. The average Bonchev–Trinajstić information content (AvgIpc) is 2.28. The normalized spacial score (nSPS) is 10.0. The van der Waals surface area contributed by atoms with Gasteiger partial charge in [0.05, 0.1) is 0 Å².